The molecule has 2 aromatic rings. The van der Waals surface area contributed by atoms with E-state index in [-0.39, 0.29) is 23.4 Å². The van der Waals surface area contributed by atoms with Crippen LogP contribution in [-0.4, -0.2) is 40.8 Å². The Bertz CT molecular complexity index is 697. The monoisotopic (exact) mass is 333 g/mol. The lowest BCUT2D eigenvalue weighted by molar-refractivity contribution is 0.0693. The summed E-state index contributed by atoms with van der Waals surface area (Å²) in [5.74, 6) is -1.02. The summed E-state index contributed by atoms with van der Waals surface area (Å²) in [6.45, 7) is 0.990. The van der Waals surface area contributed by atoms with Crippen LogP contribution in [0.15, 0.2) is 35.3 Å². The Morgan fingerprint density at radius 3 is 2.74 bits per heavy atom. The highest BCUT2D eigenvalue weighted by Gasteiger charge is 2.26. The smallest absolute Gasteiger partial charge is 0.256 e. The van der Waals surface area contributed by atoms with E-state index < -0.39 is 5.82 Å². The van der Waals surface area contributed by atoms with Crippen molar-refractivity contribution in [2.45, 2.75) is 18.9 Å². The predicted octanol–water partition coefficient (Wildman–Crippen LogP) is 2.32. The van der Waals surface area contributed by atoms with Crippen LogP contribution in [0.25, 0.3) is 0 Å². The molecule has 0 spiro atoms. The number of piperidine rings is 1. The molecular formula is C16H16FN3O2S. The van der Waals surface area contributed by atoms with Crippen molar-refractivity contribution in [1.82, 2.24) is 15.2 Å². The average molecular weight is 333 g/mol. The second kappa shape index (κ2) is 6.87. The third kappa shape index (κ3) is 3.56. The standard InChI is InChI=1S/C16H16FN3O2S/c17-14-9-18-5-1-13(14)16(22)20-6-2-12(3-7-20)19-15(21)11-4-8-23-10-11/h1,4-5,8-10,12H,2-3,6-7H2,(H,19,21). The Labute approximate surface area is 137 Å². The topological polar surface area (TPSA) is 62.3 Å². The maximum absolute atomic E-state index is 13.6. The van der Waals surface area contributed by atoms with Gasteiger partial charge in [0, 0.05) is 36.3 Å². The van der Waals surface area contributed by atoms with E-state index in [4.69, 9.17) is 0 Å². The van der Waals surface area contributed by atoms with Gasteiger partial charge in [0.25, 0.3) is 11.8 Å². The molecule has 0 atom stereocenters. The van der Waals surface area contributed by atoms with Crippen LogP contribution in [0.1, 0.15) is 33.6 Å². The largest absolute Gasteiger partial charge is 0.349 e. The molecule has 1 fully saturated rings. The van der Waals surface area contributed by atoms with E-state index in [2.05, 4.69) is 10.3 Å². The zero-order valence-corrected chi connectivity index (χ0v) is 13.2. The van der Waals surface area contributed by atoms with Gasteiger partial charge in [-0.1, -0.05) is 0 Å². The molecule has 0 saturated carbocycles. The average Bonchev–Trinajstić information content (AvgIpc) is 3.10. The fourth-order valence-electron chi connectivity index (χ4n) is 2.61. The van der Waals surface area contributed by atoms with Gasteiger partial charge >= 0.3 is 0 Å². The molecule has 0 unspecified atom stereocenters. The molecule has 0 radical (unpaired) electrons. The molecule has 1 aliphatic heterocycles. The molecule has 0 aliphatic carbocycles. The van der Waals surface area contributed by atoms with Gasteiger partial charge in [-0.15, -0.1) is 0 Å². The van der Waals surface area contributed by atoms with E-state index in [1.807, 2.05) is 5.38 Å². The van der Waals surface area contributed by atoms with Crippen molar-refractivity contribution in [2.75, 3.05) is 13.1 Å². The van der Waals surface area contributed by atoms with Gasteiger partial charge in [-0.05, 0) is 30.4 Å². The SMILES string of the molecule is O=C(NC1CCN(C(=O)c2ccncc2F)CC1)c1ccsc1. The summed E-state index contributed by atoms with van der Waals surface area (Å²) in [6, 6.07) is 3.21. The molecule has 7 heteroatoms. The Balaban J connectivity index is 1.55. The molecule has 1 N–H and O–H groups in total. The summed E-state index contributed by atoms with van der Waals surface area (Å²) in [6.07, 6.45) is 3.77. The first kappa shape index (κ1) is 15.6. The highest BCUT2D eigenvalue weighted by atomic mass is 32.1. The van der Waals surface area contributed by atoms with E-state index in [9.17, 15) is 14.0 Å². The summed E-state index contributed by atoms with van der Waals surface area (Å²) in [4.78, 5) is 29.6. The number of aromatic nitrogens is 1. The first-order valence-corrected chi connectivity index (χ1v) is 8.31. The van der Waals surface area contributed by atoms with Crippen molar-refractivity contribution >= 4 is 23.2 Å². The van der Waals surface area contributed by atoms with Crippen LogP contribution in [0.5, 0.6) is 0 Å². The van der Waals surface area contributed by atoms with Gasteiger partial charge in [0.2, 0.25) is 0 Å². The third-order valence-electron chi connectivity index (χ3n) is 3.90. The minimum absolute atomic E-state index is 0.0359. The molecule has 0 aromatic carbocycles. The fraction of sp³-hybridized carbons (Fsp3) is 0.312. The first-order valence-electron chi connectivity index (χ1n) is 7.37. The molecule has 23 heavy (non-hydrogen) atoms. The van der Waals surface area contributed by atoms with Crippen LogP contribution < -0.4 is 5.32 Å². The number of hydrogen-bond donors (Lipinski definition) is 1. The molecule has 2 amide bonds. The number of carbonyl (C=O) groups excluding carboxylic acids is 2. The normalized spacial score (nSPS) is 15.4. The summed E-state index contributed by atoms with van der Waals surface area (Å²) < 4.78 is 13.6. The van der Waals surface area contributed by atoms with Crippen LogP contribution in [-0.2, 0) is 0 Å². The van der Waals surface area contributed by atoms with E-state index in [1.54, 1.807) is 16.3 Å². The number of carbonyl (C=O) groups is 2. The molecular weight excluding hydrogens is 317 g/mol. The Morgan fingerprint density at radius 1 is 1.30 bits per heavy atom. The number of nitrogens with one attached hydrogen (secondary N) is 1. The number of thiophene rings is 1. The minimum Gasteiger partial charge on any atom is -0.349 e. The van der Waals surface area contributed by atoms with Crippen LogP contribution in [0.2, 0.25) is 0 Å². The Kier molecular flexibility index (Phi) is 4.66. The van der Waals surface area contributed by atoms with Crippen LogP contribution in [0, 0.1) is 5.82 Å². The number of nitrogens with zero attached hydrogens (tertiary/aromatic N) is 2. The van der Waals surface area contributed by atoms with Crippen molar-refractivity contribution in [3.8, 4) is 0 Å². The van der Waals surface area contributed by atoms with E-state index in [0.29, 0.717) is 31.5 Å². The minimum atomic E-state index is -0.606. The highest BCUT2D eigenvalue weighted by Crippen LogP contribution is 2.16. The molecule has 120 valence electrons. The molecule has 2 aromatic heterocycles. The third-order valence-corrected chi connectivity index (χ3v) is 4.59. The van der Waals surface area contributed by atoms with Gasteiger partial charge in [-0.2, -0.15) is 11.3 Å². The van der Waals surface area contributed by atoms with Crippen molar-refractivity contribution in [3.63, 3.8) is 0 Å². The number of hydrogen-bond acceptors (Lipinski definition) is 4. The highest BCUT2D eigenvalue weighted by molar-refractivity contribution is 7.08. The molecule has 1 aliphatic rings. The molecule has 3 heterocycles. The van der Waals surface area contributed by atoms with E-state index in [0.717, 1.165) is 6.20 Å². The molecule has 1 saturated heterocycles. The summed E-state index contributed by atoms with van der Waals surface area (Å²) >= 11 is 1.48. The molecule has 0 bridgehead atoms. The second-order valence-electron chi connectivity index (χ2n) is 5.41. The van der Waals surface area contributed by atoms with E-state index in [1.165, 1.54) is 23.6 Å². The Morgan fingerprint density at radius 2 is 2.09 bits per heavy atom. The number of halogens is 1. The summed E-state index contributed by atoms with van der Waals surface area (Å²) in [5.41, 5.74) is 0.702. The number of pyridine rings is 1. The quantitative estimate of drug-likeness (QED) is 0.938. The van der Waals surface area contributed by atoms with E-state index >= 15 is 0 Å². The van der Waals surface area contributed by atoms with Crippen LogP contribution in [0.4, 0.5) is 4.39 Å². The fourth-order valence-corrected chi connectivity index (χ4v) is 3.24. The number of amides is 2. The zero-order chi connectivity index (χ0) is 16.2. The van der Waals surface area contributed by atoms with Crippen LogP contribution >= 0.6 is 11.3 Å². The second-order valence-corrected chi connectivity index (χ2v) is 6.19. The molecule has 3 rings (SSSR count). The van der Waals surface area contributed by atoms with Gasteiger partial charge in [0.15, 0.2) is 5.82 Å². The lowest BCUT2D eigenvalue weighted by atomic mass is 10.0. The predicted molar refractivity (Wildman–Crippen MR) is 84.9 cm³/mol. The summed E-state index contributed by atoms with van der Waals surface area (Å²) in [5, 5.41) is 6.64. The van der Waals surface area contributed by atoms with Crippen LogP contribution in [0.3, 0.4) is 0 Å². The maximum atomic E-state index is 13.6. The lowest BCUT2D eigenvalue weighted by Crippen LogP contribution is -2.46. The van der Waals surface area contributed by atoms with Gasteiger partial charge in [0.05, 0.1) is 11.8 Å². The van der Waals surface area contributed by atoms with Crippen molar-refractivity contribution in [3.05, 3.63) is 52.2 Å². The van der Waals surface area contributed by atoms with Crippen molar-refractivity contribution in [2.24, 2.45) is 0 Å². The van der Waals surface area contributed by atoms with Crippen molar-refractivity contribution < 1.29 is 14.0 Å². The molecule has 5 nitrogen and oxygen atoms in total. The van der Waals surface area contributed by atoms with Gasteiger partial charge in [0.1, 0.15) is 0 Å². The number of rotatable bonds is 3. The van der Waals surface area contributed by atoms with Gasteiger partial charge in [-0.3, -0.25) is 14.6 Å². The Hall–Kier alpha value is -2.28. The maximum Gasteiger partial charge on any atom is 0.256 e. The van der Waals surface area contributed by atoms with Gasteiger partial charge in [-0.25, -0.2) is 4.39 Å². The van der Waals surface area contributed by atoms with Crippen molar-refractivity contribution in [1.29, 1.82) is 0 Å². The first-order chi connectivity index (χ1) is 11.1. The number of likely N-dealkylation sites (tertiary alicyclic amines) is 1. The van der Waals surface area contributed by atoms with Gasteiger partial charge < -0.3 is 10.2 Å². The summed E-state index contributed by atoms with van der Waals surface area (Å²) in [7, 11) is 0. The zero-order valence-electron chi connectivity index (χ0n) is 12.4. The lowest BCUT2D eigenvalue weighted by Gasteiger charge is -2.32.